The van der Waals surface area contributed by atoms with Crippen LogP contribution in [0.15, 0.2) is 90.3 Å². The average Bonchev–Trinajstić information content (AvgIpc) is 3.29. The Kier molecular flexibility index (Phi) is 7.82. The number of rotatable bonds is 9. The lowest BCUT2D eigenvalue weighted by Crippen LogP contribution is -2.47. The standard InChI is InChI=1S/C27H24N4O4S/c1-18-17-36-27(28-18)30-25(32)23(16-19-12-14-22(15-13-19)31(34)35)29-26(33)24(20-8-4-2-5-9-20)21-10-6-3-7-11-21/h2-15,17,23-24H,16H2,1H3,(H,29,33)(H,28,30,32)/t23-/m1/s1. The van der Waals surface area contributed by atoms with E-state index in [9.17, 15) is 19.7 Å². The van der Waals surface area contributed by atoms with E-state index >= 15 is 0 Å². The van der Waals surface area contributed by atoms with E-state index in [1.54, 1.807) is 12.1 Å². The van der Waals surface area contributed by atoms with E-state index in [1.165, 1.54) is 23.5 Å². The molecule has 3 aromatic carbocycles. The predicted octanol–water partition coefficient (Wildman–Crippen LogP) is 4.86. The van der Waals surface area contributed by atoms with Gasteiger partial charge in [0, 0.05) is 23.9 Å². The molecule has 0 aliphatic heterocycles. The van der Waals surface area contributed by atoms with Gasteiger partial charge in [-0.1, -0.05) is 72.8 Å². The molecule has 2 N–H and O–H groups in total. The van der Waals surface area contributed by atoms with Crippen molar-refractivity contribution in [2.45, 2.75) is 25.3 Å². The van der Waals surface area contributed by atoms with Crippen LogP contribution in [0.25, 0.3) is 0 Å². The van der Waals surface area contributed by atoms with Crippen molar-refractivity contribution in [3.8, 4) is 0 Å². The van der Waals surface area contributed by atoms with Crippen LogP contribution in [0, 0.1) is 17.0 Å². The number of nitrogens with one attached hydrogen (secondary N) is 2. The third-order valence-corrected chi connectivity index (χ3v) is 6.47. The van der Waals surface area contributed by atoms with Crippen molar-refractivity contribution in [1.29, 1.82) is 0 Å². The number of non-ortho nitro benzene ring substituents is 1. The van der Waals surface area contributed by atoms with Crippen LogP contribution in [0.5, 0.6) is 0 Å². The summed E-state index contributed by atoms with van der Waals surface area (Å²) >= 11 is 1.29. The summed E-state index contributed by atoms with van der Waals surface area (Å²) in [4.78, 5) is 41.7. The number of carbonyl (C=O) groups is 2. The second kappa shape index (κ2) is 11.4. The van der Waals surface area contributed by atoms with Gasteiger partial charge in [0.05, 0.1) is 16.5 Å². The summed E-state index contributed by atoms with van der Waals surface area (Å²) in [5.74, 6) is -1.37. The smallest absolute Gasteiger partial charge is 0.269 e. The van der Waals surface area contributed by atoms with Gasteiger partial charge in [-0.15, -0.1) is 11.3 Å². The first-order valence-electron chi connectivity index (χ1n) is 11.3. The first-order valence-corrected chi connectivity index (χ1v) is 12.2. The fourth-order valence-electron chi connectivity index (χ4n) is 3.84. The second-order valence-electron chi connectivity index (χ2n) is 8.23. The molecule has 4 aromatic rings. The highest BCUT2D eigenvalue weighted by Gasteiger charge is 2.28. The molecule has 1 heterocycles. The Morgan fingerprint density at radius 1 is 0.917 bits per heavy atom. The fraction of sp³-hybridized carbons (Fsp3) is 0.148. The zero-order valence-electron chi connectivity index (χ0n) is 19.5. The maximum Gasteiger partial charge on any atom is 0.269 e. The van der Waals surface area contributed by atoms with E-state index in [1.807, 2.05) is 73.0 Å². The summed E-state index contributed by atoms with van der Waals surface area (Å²) in [6, 6.07) is 23.7. The second-order valence-corrected chi connectivity index (χ2v) is 9.08. The van der Waals surface area contributed by atoms with Crippen LogP contribution in [0.4, 0.5) is 10.8 Å². The number of nitrogens with zero attached hydrogens (tertiary/aromatic N) is 2. The number of nitro benzene ring substituents is 1. The Morgan fingerprint density at radius 3 is 2.00 bits per heavy atom. The van der Waals surface area contributed by atoms with Crippen molar-refractivity contribution >= 4 is 34.0 Å². The van der Waals surface area contributed by atoms with Gasteiger partial charge in [0.15, 0.2) is 5.13 Å². The van der Waals surface area contributed by atoms with Gasteiger partial charge in [-0.3, -0.25) is 19.7 Å². The van der Waals surface area contributed by atoms with Crippen LogP contribution in [0.3, 0.4) is 0 Å². The maximum absolute atomic E-state index is 13.7. The number of aryl methyl sites for hydroxylation is 1. The molecule has 0 aliphatic rings. The summed E-state index contributed by atoms with van der Waals surface area (Å²) in [6.45, 7) is 1.83. The molecule has 0 unspecified atom stereocenters. The van der Waals surface area contributed by atoms with Crippen LogP contribution in [0.2, 0.25) is 0 Å². The quantitative estimate of drug-likeness (QED) is 0.252. The molecular formula is C27H24N4O4S. The first-order chi connectivity index (χ1) is 17.4. The number of hydrogen-bond acceptors (Lipinski definition) is 6. The van der Waals surface area contributed by atoms with E-state index in [0.717, 1.165) is 16.8 Å². The van der Waals surface area contributed by atoms with Crippen LogP contribution in [0.1, 0.15) is 28.3 Å². The fourth-order valence-corrected chi connectivity index (χ4v) is 4.53. The lowest BCUT2D eigenvalue weighted by molar-refractivity contribution is -0.384. The molecule has 1 atom stereocenters. The minimum atomic E-state index is -0.932. The molecule has 9 heteroatoms. The molecule has 8 nitrogen and oxygen atoms in total. The molecule has 0 radical (unpaired) electrons. The number of nitro groups is 1. The highest BCUT2D eigenvalue weighted by Crippen LogP contribution is 2.25. The number of hydrogen-bond donors (Lipinski definition) is 2. The van der Waals surface area contributed by atoms with Gasteiger partial charge in [-0.05, 0) is 23.6 Å². The van der Waals surface area contributed by atoms with E-state index in [2.05, 4.69) is 15.6 Å². The molecule has 0 spiro atoms. The highest BCUT2D eigenvalue weighted by atomic mass is 32.1. The van der Waals surface area contributed by atoms with Gasteiger partial charge in [0.1, 0.15) is 6.04 Å². The number of aromatic nitrogens is 1. The molecule has 0 aliphatic carbocycles. The van der Waals surface area contributed by atoms with E-state index < -0.39 is 22.8 Å². The van der Waals surface area contributed by atoms with Gasteiger partial charge in [-0.2, -0.15) is 0 Å². The minimum Gasteiger partial charge on any atom is -0.343 e. The normalized spacial score (nSPS) is 11.6. The van der Waals surface area contributed by atoms with Gasteiger partial charge in [0.2, 0.25) is 11.8 Å². The molecular weight excluding hydrogens is 476 g/mol. The summed E-state index contributed by atoms with van der Waals surface area (Å²) in [5.41, 5.74) is 3.00. The van der Waals surface area contributed by atoms with Crippen molar-refractivity contribution in [2.75, 3.05) is 5.32 Å². The zero-order chi connectivity index (χ0) is 25.5. The lowest BCUT2D eigenvalue weighted by Gasteiger charge is -2.23. The Morgan fingerprint density at radius 2 is 1.50 bits per heavy atom. The zero-order valence-corrected chi connectivity index (χ0v) is 20.3. The van der Waals surface area contributed by atoms with Crippen molar-refractivity contribution < 1.29 is 14.5 Å². The molecule has 182 valence electrons. The minimum absolute atomic E-state index is 0.0460. The summed E-state index contributed by atoms with van der Waals surface area (Å²) < 4.78 is 0. The van der Waals surface area contributed by atoms with Crippen LogP contribution in [-0.4, -0.2) is 27.8 Å². The van der Waals surface area contributed by atoms with E-state index in [0.29, 0.717) is 10.7 Å². The Balaban J connectivity index is 1.62. The molecule has 36 heavy (non-hydrogen) atoms. The summed E-state index contributed by atoms with van der Waals surface area (Å²) in [7, 11) is 0. The molecule has 1 aromatic heterocycles. The average molecular weight is 501 g/mol. The van der Waals surface area contributed by atoms with Gasteiger partial charge < -0.3 is 10.6 Å². The van der Waals surface area contributed by atoms with Crippen LogP contribution < -0.4 is 10.6 Å². The summed E-state index contributed by atoms with van der Waals surface area (Å²) in [5, 5.41) is 19.0. The largest absolute Gasteiger partial charge is 0.343 e. The number of amides is 2. The number of anilines is 1. The Hall–Kier alpha value is -4.37. The van der Waals surface area contributed by atoms with Crippen LogP contribution in [-0.2, 0) is 16.0 Å². The van der Waals surface area contributed by atoms with Crippen LogP contribution >= 0.6 is 11.3 Å². The SMILES string of the molecule is Cc1csc(NC(=O)[C@@H](Cc2ccc([N+](=O)[O-])cc2)NC(=O)C(c2ccccc2)c2ccccc2)n1. The molecule has 4 rings (SSSR count). The number of carbonyl (C=O) groups excluding carboxylic acids is 2. The van der Waals surface area contributed by atoms with Crippen molar-refractivity contribution in [3.63, 3.8) is 0 Å². The van der Waals surface area contributed by atoms with Crippen molar-refractivity contribution in [1.82, 2.24) is 10.3 Å². The number of benzene rings is 3. The van der Waals surface area contributed by atoms with E-state index in [-0.39, 0.29) is 18.0 Å². The van der Waals surface area contributed by atoms with Crippen molar-refractivity contribution in [2.24, 2.45) is 0 Å². The Bertz CT molecular complexity index is 1300. The topological polar surface area (TPSA) is 114 Å². The maximum atomic E-state index is 13.7. The number of thiazole rings is 1. The third kappa shape index (κ3) is 6.19. The predicted molar refractivity (Wildman–Crippen MR) is 139 cm³/mol. The molecule has 0 saturated carbocycles. The summed E-state index contributed by atoms with van der Waals surface area (Å²) in [6.07, 6.45) is 0.149. The molecule has 0 fully saturated rings. The molecule has 2 amide bonds. The molecule has 0 saturated heterocycles. The first kappa shape index (κ1) is 24.7. The monoisotopic (exact) mass is 500 g/mol. The third-order valence-electron chi connectivity index (χ3n) is 5.60. The van der Waals surface area contributed by atoms with Gasteiger partial charge in [0.25, 0.3) is 5.69 Å². The highest BCUT2D eigenvalue weighted by molar-refractivity contribution is 7.13. The van der Waals surface area contributed by atoms with Crippen molar-refractivity contribution in [3.05, 3.63) is 123 Å². The van der Waals surface area contributed by atoms with E-state index in [4.69, 9.17) is 0 Å². The van der Waals surface area contributed by atoms with Gasteiger partial charge in [-0.25, -0.2) is 4.98 Å². The molecule has 0 bridgehead atoms. The lowest BCUT2D eigenvalue weighted by atomic mass is 9.90. The van der Waals surface area contributed by atoms with Gasteiger partial charge >= 0.3 is 0 Å². The Labute approximate surface area is 212 Å².